The second kappa shape index (κ2) is 12.5. The van der Waals surface area contributed by atoms with Gasteiger partial charge in [0.05, 0.1) is 17.6 Å². The van der Waals surface area contributed by atoms with Crippen molar-refractivity contribution in [1.29, 1.82) is 0 Å². The van der Waals surface area contributed by atoms with Crippen LogP contribution >= 0.6 is 0 Å². The van der Waals surface area contributed by atoms with Crippen LogP contribution in [0.25, 0.3) is 11.0 Å². The lowest BCUT2D eigenvalue weighted by Gasteiger charge is -2.25. The molecule has 0 unspecified atom stereocenters. The Morgan fingerprint density at radius 1 is 1.06 bits per heavy atom. The Bertz CT molecular complexity index is 1130. The SMILES string of the molecule is CCCCN(CC)Cc1cccc(C(=O)N(CCC(C)C)Cc2nc3ccccc3n2CC2CC2)c1. The standard InChI is InChI=1S/C31H44N4O/c1-5-7-18-33(6-2)21-26-11-10-12-27(20-26)31(36)34(19-17-24(3)4)23-30-32-28-13-8-9-14-29(28)35(30)22-25-15-16-25/h8-14,20,24-25H,5-7,15-19,21-23H2,1-4H3. The maximum absolute atomic E-state index is 13.9. The van der Waals surface area contributed by atoms with Gasteiger partial charge in [-0.3, -0.25) is 9.69 Å². The van der Waals surface area contributed by atoms with Gasteiger partial charge in [-0.1, -0.05) is 58.4 Å². The molecule has 0 aliphatic heterocycles. The topological polar surface area (TPSA) is 41.4 Å². The molecule has 0 spiro atoms. The third kappa shape index (κ3) is 6.97. The molecule has 1 aliphatic carbocycles. The van der Waals surface area contributed by atoms with Gasteiger partial charge in [-0.2, -0.15) is 0 Å². The average molecular weight is 489 g/mol. The summed E-state index contributed by atoms with van der Waals surface area (Å²) in [6.45, 7) is 14.2. The summed E-state index contributed by atoms with van der Waals surface area (Å²) in [4.78, 5) is 23.4. The summed E-state index contributed by atoms with van der Waals surface area (Å²) in [5, 5.41) is 0. The summed E-state index contributed by atoms with van der Waals surface area (Å²) >= 11 is 0. The number of hydrogen-bond acceptors (Lipinski definition) is 3. The molecule has 0 bridgehead atoms. The van der Waals surface area contributed by atoms with Crippen LogP contribution in [0.3, 0.4) is 0 Å². The Balaban J connectivity index is 1.57. The van der Waals surface area contributed by atoms with Gasteiger partial charge >= 0.3 is 0 Å². The predicted octanol–water partition coefficient (Wildman–Crippen LogP) is 6.76. The van der Waals surface area contributed by atoms with Crippen molar-refractivity contribution in [3.05, 3.63) is 65.5 Å². The molecule has 1 saturated carbocycles. The van der Waals surface area contributed by atoms with Crippen LogP contribution in [-0.4, -0.2) is 44.9 Å². The first-order chi connectivity index (χ1) is 17.5. The maximum atomic E-state index is 13.9. The van der Waals surface area contributed by atoms with E-state index in [9.17, 15) is 4.79 Å². The Hall–Kier alpha value is -2.66. The number of fused-ring (bicyclic) bond motifs is 1. The minimum Gasteiger partial charge on any atom is -0.331 e. The van der Waals surface area contributed by atoms with Gasteiger partial charge in [0.25, 0.3) is 5.91 Å². The lowest BCUT2D eigenvalue weighted by atomic mass is 10.1. The highest BCUT2D eigenvalue weighted by Crippen LogP contribution is 2.33. The molecular weight excluding hydrogens is 444 g/mol. The third-order valence-corrected chi connectivity index (χ3v) is 7.32. The molecule has 194 valence electrons. The number of unbranched alkanes of at least 4 members (excludes halogenated alkanes) is 1. The van der Waals surface area contributed by atoms with Crippen molar-refractivity contribution >= 4 is 16.9 Å². The molecule has 3 aromatic rings. The monoisotopic (exact) mass is 488 g/mol. The molecule has 5 heteroatoms. The largest absolute Gasteiger partial charge is 0.331 e. The lowest BCUT2D eigenvalue weighted by Crippen LogP contribution is -2.33. The van der Waals surface area contributed by atoms with Crippen molar-refractivity contribution < 1.29 is 4.79 Å². The first-order valence-electron chi connectivity index (χ1n) is 14.0. The molecule has 0 atom stereocenters. The molecule has 1 heterocycles. The zero-order valence-corrected chi connectivity index (χ0v) is 22.7. The quantitative estimate of drug-likeness (QED) is 0.252. The Labute approximate surface area is 217 Å². The van der Waals surface area contributed by atoms with Crippen molar-refractivity contribution in [1.82, 2.24) is 19.4 Å². The Kier molecular flexibility index (Phi) is 9.19. The number of aromatic nitrogens is 2. The van der Waals surface area contributed by atoms with Gasteiger partial charge < -0.3 is 9.47 Å². The second-order valence-corrected chi connectivity index (χ2v) is 10.9. The summed E-state index contributed by atoms with van der Waals surface area (Å²) in [6.07, 6.45) is 5.97. The molecular formula is C31H44N4O. The molecule has 0 saturated heterocycles. The zero-order valence-electron chi connectivity index (χ0n) is 22.7. The summed E-state index contributed by atoms with van der Waals surface area (Å²) in [5.74, 6) is 2.40. The van der Waals surface area contributed by atoms with Crippen LogP contribution in [0.1, 0.15) is 81.5 Å². The van der Waals surface area contributed by atoms with Gasteiger partial charge in [0.15, 0.2) is 0 Å². The molecule has 1 aliphatic rings. The van der Waals surface area contributed by atoms with E-state index in [0.29, 0.717) is 12.5 Å². The molecule has 2 aromatic carbocycles. The van der Waals surface area contributed by atoms with E-state index in [1.54, 1.807) is 0 Å². The van der Waals surface area contributed by atoms with E-state index in [1.807, 2.05) is 23.1 Å². The number of imidazole rings is 1. The van der Waals surface area contributed by atoms with Crippen molar-refractivity contribution in [2.24, 2.45) is 11.8 Å². The van der Waals surface area contributed by atoms with E-state index >= 15 is 0 Å². The number of carbonyl (C=O) groups is 1. The van der Waals surface area contributed by atoms with E-state index in [-0.39, 0.29) is 5.91 Å². The fourth-order valence-electron chi connectivity index (χ4n) is 4.82. The minimum atomic E-state index is 0.110. The van der Waals surface area contributed by atoms with Crippen LogP contribution in [0.15, 0.2) is 48.5 Å². The van der Waals surface area contributed by atoms with Gasteiger partial charge in [0.2, 0.25) is 0 Å². The molecule has 0 radical (unpaired) electrons. The van der Waals surface area contributed by atoms with Gasteiger partial charge in [-0.05, 0) is 80.4 Å². The highest BCUT2D eigenvalue weighted by molar-refractivity contribution is 5.94. The molecule has 0 N–H and O–H groups in total. The number of benzene rings is 2. The first-order valence-corrected chi connectivity index (χ1v) is 14.0. The fourth-order valence-corrected chi connectivity index (χ4v) is 4.82. The van der Waals surface area contributed by atoms with E-state index in [2.05, 4.69) is 67.5 Å². The van der Waals surface area contributed by atoms with Crippen LogP contribution in [0, 0.1) is 11.8 Å². The second-order valence-electron chi connectivity index (χ2n) is 10.9. The lowest BCUT2D eigenvalue weighted by molar-refractivity contribution is 0.0729. The summed E-state index contributed by atoms with van der Waals surface area (Å²) in [5.41, 5.74) is 4.21. The number of carbonyl (C=O) groups excluding carboxylic acids is 1. The van der Waals surface area contributed by atoms with Crippen LogP contribution in [0.4, 0.5) is 0 Å². The number of nitrogens with zero attached hydrogens (tertiary/aromatic N) is 4. The number of para-hydroxylation sites is 2. The molecule has 1 fully saturated rings. The maximum Gasteiger partial charge on any atom is 0.254 e. The summed E-state index contributed by atoms with van der Waals surface area (Å²) < 4.78 is 2.37. The smallest absolute Gasteiger partial charge is 0.254 e. The molecule has 1 aromatic heterocycles. The van der Waals surface area contributed by atoms with Gasteiger partial charge in [-0.25, -0.2) is 4.98 Å². The van der Waals surface area contributed by atoms with Gasteiger partial charge in [0, 0.05) is 25.2 Å². The fraction of sp³-hybridized carbons (Fsp3) is 0.548. The number of rotatable bonds is 14. The van der Waals surface area contributed by atoms with Crippen LogP contribution in [0.5, 0.6) is 0 Å². The molecule has 36 heavy (non-hydrogen) atoms. The zero-order chi connectivity index (χ0) is 25.5. The summed E-state index contributed by atoms with van der Waals surface area (Å²) in [7, 11) is 0. The third-order valence-electron chi connectivity index (χ3n) is 7.32. The highest BCUT2D eigenvalue weighted by atomic mass is 16.2. The van der Waals surface area contributed by atoms with E-state index in [1.165, 1.54) is 36.8 Å². The summed E-state index contributed by atoms with van der Waals surface area (Å²) in [6, 6.07) is 16.7. The van der Waals surface area contributed by atoms with Crippen LogP contribution in [-0.2, 0) is 19.6 Å². The van der Waals surface area contributed by atoms with Gasteiger partial charge in [0.1, 0.15) is 5.82 Å². The first kappa shape index (κ1) is 26.4. The van der Waals surface area contributed by atoms with Crippen molar-refractivity contribution in [3.8, 4) is 0 Å². The Morgan fingerprint density at radius 3 is 2.58 bits per heavy atom. The Morgan fingerprint density at radius 2 is 1.86 bits per heavy atom. The number of amides is 1. The van der Waals surface area contributed by atoms with Crippen molar-refractivity contribution in [3.63, 3.8) is 0 Å². The average Bonchev–Trinajstić information content (AvgIpc) is 3.64. The normalized spacial score (nSPS) is 13.7. The molecule has 4 rings (SSSR count). The number of hydrogen-bond donors (Lipinski definition) is 0. The van der Waals surface area contributed by atoms with Crippen LogP contribution in [0.2, 0.25) is 0 Å². The van der Waals surface area contributed by atoms with Crippen LogP contribution < -0.4 is 0 Å². The van der Waals surface area contributed by atoms with E-state index in [0.717, 1.165) is 62.0 Å². The predicted molar refractivity (Wildman–Crippen MR) is 149 cm³/mol. The van der Waals surface area contributed by atoms with Crippen molar-refractivity contribution in [2.45, 2.75) is 79.4 Å². The molecule has 1 amide bonds. The van der Waals surface area contributed by atoms with Gasteiger partial charge in [-0.15, -0.1) is 0 Å². The minimum absolute atomic E-state index is 0.110. The highest BCUT2D eigenvalue weighted by Gasteiger charge is 2.26. The molecule has 5 nitrogen and oxygen atoms in total. The van der Waals surface area contributed by atoms with E-state index in [4.69, 9.17) is 4.98 Å². The van der Waals surface area contributed by atoms with E-state index < -0.39 is 0 Å². The van der Waals surface area contributed by atoms with Crippen molar-refractivity contribution in [2.75, 3.05) is 19.6 Å².